The topological polar surface area (TPSA) is 0 Å². The molecule has 4 aromatic rings. The molecule has 0 amide bonds. The van der Waals surface area contributed by atoms with Crippen molar-refractivity contribution in [2.75, 3.05) is 0 Å². The normalized spacial score (nSPS) is 10.5. The van der Waals surface area contributed by atoms with Gasteiger partial charge in [-0.3, -0.25) is 0 Å². The first-order chi connectivity index (χ1) is 11.5. The summed E-state index contributed by atoms with van der Waals surface area (Å²) in [6.07, 6.45) is 0. The van der Waals surface area contributed by atoms with Crippen LogP contribution < -0.4 is 0 Å². The predicted molar refractivity (Wildman–Crippen MR) is 119 cm³/mol. The fraction of sp³-hybridized carbons (Fsp3) is 0. The van der Waals surface area contributed by atoms with Crippen LogP contribution in [0.1, 0.15) is 0 Å². The largest absolute Gasteiger partial charge is 0.0616 e. The lowest BCUT2D eigenvalue weighted by atomic mass is 10.1. The summed E-state index contributed by atoms with van der Waals surface area (Å²) in [5, 5.41) is 5.00. The van der Waals surface area contributed by atoms with Crippen LogP contribution in [0.3, 0.4) is 0 Å². The highest BCUT2D eigenvalue weighted by Crippen LogP contribution is 2.28. The SMILES string of the molecule is Brc1cc(Br)c2ccccc2c1.Brc1ccc2c(Br)cccc2c1. The van der Waals surface area contributed by atoms with Gasteiger partial charge in [0.1, 0.15) is 0 Å². The van der Waals surface area contributed by atoms with Gasteiger partial charge < -0.3 is 0 Å². The Morgan fingerprint density at radius 3 is 1.88 bits per heavy atom. The Morgan fingerprint density at radius 2 is 1.08 bits per heavy atom. The van der Waals surface area contributed by atoms with Crippen molar-refractivity contribution in [2.45, 2.75) is 0 Å². The molecule has 0 atom stereocenters. The van der Waals surface area contributed by atoms with E-state index in [0.29, 0.717) is 0 Å². The molecule has 24 heavy (non-hydrogen) atoms. The minimum atomic E-state index is 1.10. The Bertz CT molecular complexity index is 993. The smallest absolute Gasteiger partial charge is 0.0264 e. The molecule has 0 saturated heterocycles. The summed E-state index contributed by atoms with van der Waals surface area (Å²) in [4.78, 5) is 0. The van der Waals surface area contributed by atoms with Gasteiger partial charge in [0.15, 0.2) is 0 Å². The number of fused-ring (bicyclic) bond motifs is 2. The van der Waals surface area contributed by atoms with Crippen molar-refractivity contribution in [1.29, 1.82) is 0 Å². The van der Waals surface area contributed by atoms with E-state index in [2.05, 4.69) is 112 Å². The summed E-state index contributed by atoms with van der Waals surface area (Å²) < 4.78 is 4.50. The van der Waals surface area contributed by atoms with Crippen LogP contribution in [0, 0.1) is 0 Å². The van der Waals surface area contributed by atoms with Gasteiger partial charge in [-0.25, -0.2) is 0 Å². The molecule has 0 saturated carbocycles. The molecule has 4 heteroatoms. The molecule has 0 aliphatic rings. The fourth-order valence-electron chi connectivity index (χ4n) is 2.44. The van der Waals surface area contributed by atoms with Crippen LogP contribution in [-0.4, -0.2) is 0 Å². The Balaban J connectivity index is 0.000000141. The minimum Gasteiger partial charge on any atom is -0.0616 e. The van der Waals surface area contributed by atoms with E-state index >= 15 is 0 Å². The highest BCUT2D eigenvalue weighted by atomic mass is 79.9. The summed E-state index contributed by atoms with van der Waals surface area (Å²) in [7, 11) is 0. The van der Waals surface area contributed by atoms with E-state index < -0.39 is 0 Å². The molecular weight excluding hydrogens is 560 g/mol. The van der Waals surface area contributed by atoms with Crippen molar-refractivity contribution >= 4 is 85.3 Å². The monoisotopic (exact) mass is 568 g/mol. The molecule has 120 valence electrons. The lowest BCUT2D eigenvalue weighted by molar-refractivity contribution is 1.66. The van der Waals surface area contributed by atoms with Crippen LogP contribution >= 0.6 is 63.7 Å². The van der Waals surface area contributed by atoms with Crippen molar-refractivity contribution < 1.29 is 0 Å². The van der Waals surface area contributed by atoms with Gasteiger partial charge in [-0.15, -0.1) is 0 Å². The van der Waals surface area contributed by atoms with Crippen molar-refractivity contribution in [2.24, 2.45) is 0 Å². The molecule has 4 aromatic carbocycles. The van der Waals surface area contributed by atoms with E-state index in [9.17, 15) is 0 Å². The number of benzene rings is 4. The van der Waals surface area contributed by atoms with Crippen LogP contribution in [0.25, 0.3) is 21.5 Å². The summed E-state index contributed by atoms with van der Waals surface area (Å²) in [5.41, 5.74) is 0. The molecule has 0 nitrogen and oxygen atoms in total. The van der Waals surface area contributed by atoms with E-state index in [1.54, 1.807) is 0 Å². The average Bonchev–Trinajstić information content (AvgIpc) is 2.55. The summed E-state index contributed by atoms with van der Waals surface area (Å²) >= 11 is 13.9. The quantitative estimate of drug-likeness (QED) is 0.198. The molecular formula is C20H12Br4. The molecule has 0 aliphatic heterocycles. The second-order valence-electron chi connectivity index (χ2n) is 5.21. The van der Waals surface area contributed by atoms with Crippen molar-refractivity contribution in [3.63, 3.8) is 0 Å². The highest BCUT2D eigenvalue weighted by molar-refractivity contribution is 9.11. The van der Waals surface area contributed by atoms with E-state index in [1.165, 1.54) is 21.5 Å². The van der Waals surface area contributed by atoms with Crippen LogP contribution in [-0.2, 0) is 0 Å². The van der Waals surface area contributed by atoms with Crippen LogP contribution in [0.2, 0.25) is 0 Å². The maximum atomic E-state index is 3.52. The molecule has 0 radical (unpaired) electrons. The molecule has 0 unspecified atom stereocenters. The van der Waals surface area contributed by atoms with Gasteiger partial charge in [0.2, 0.25) is 0 Å². The van der Waals surface area contributed by atoms with Gasteiger partial charge in [-0.1, -0.05) is 106 Å². The van der Waals surface area contributed by atoms with Gasteiger partial charge in [0, 0.05) is 17.9 Å². The Kier molecular flexibility index (Phi) is 6.14. The predicted octanol–water partition coefficient (Wildman–Crippen LogP) is 8.73. The third-order valence-corrected chi connectivity index (χ3v) is 5.86. The molecule has 0 bridgehead atoms. The van der Waals surface area contributed by atoms with Crippen LogP contribution in [0.15, 0.2) is 90.7 Å². The van der Waals surface area contributed by atoms with Crippen LogP contribution in [0.5, 0.6) is 0 Å². The second-order valence-corrected chi connectivity index (χ2v) is 8.75. The van der Waals surface area contributed by atoms with E-state index in [1.807, 2.05) is 24.3 Å². The Morgan fingerprint density at radius 1 is 0.458 bits per heavy atom. The van der Waals surface area contributed by atoms with Gasteiger partial charge in [0.05, 0.1) is 0 Å². The van der Waals surface area contributed by atoms with Crippen molar-refractivity contribution in [3.05, 3.63) is 90.7 Å². The van der Waals surface area contributed by atoms with Gasteiger partial charge in [-0.2, -0.15) is 0 Å². The van der Waals surface area contributed by atoms with Crippen molar-refractivity contribution in [1.82, 2.24) is 0 Å². The third kappa shape index (κ3) is 4.29. The zero-order valence-corrected chi connectivity index (χ0v) is 18.8. The van der Waals surface area contributed by atoms with Crippen molar-refractivity contribution in [3.8, 4) is 0 Å². The molecule has 0 aliphatic carbocycles. The molecule has 4 rings (SSSR count). The molecule has 0 aromatic heterocycles. The number of hydrogen-bond donors (Lipinski definition) is 0. The average molecular weight is 572 g/mol. The zero-order chi connectivity index (χ0) is 17.1. The first-order valence-corrected chi connectivity index (χ1v) is 10.4. The molecule has 0 spiro atoms. The maximum absolute atomic E-state index is 3.52. The maximum Gasteiger partial charge on any atom is 0.0264 e. The number of hydrogen-bond acceptors (Lipinski definition) is 0. The number of rotatable bonds is 0. The first kappa shape index (κ1) is 18.1. The molecule has 0 N–H and O–H groups in total. The van der Waals surface area contributed by atoms with Crippen LogP contribution in [0.4, 0.5) is 0 Å². The van der Waals surface area contributed by atoms with Gasteiger partial charge >= 0.3 is 0 Å². The lowest BCUT2D eigenvalue weighted by Crippen LogP contribution is -1.74. The number of halogens is 4. The Hall–Kier alpha value is -0.680. The minimum absolute atomic E-state index is 1.10. The van der Waals surface area contributed by atoms with Gasteiger partial charge in [0.25, 0.3) is 0 Å². The van der Waals surface area contributed by atoms with E-state index in [0.717, 1.165) is 17.9 Å². The standard InChI is InChI=1S/2C10H6Br2/c11-8-4-5-9-7(6-8)2-1-3-10(9)12;11-8-5-7-3-1-2-4-9(7)10(12)6-8/h2*1-6H. The van der Waals surface area contributed by atoms with Gasteiger partial charge in [-0.05, 0) is 51.9 Å². The second kappa shape index (κ2) is 8.13. The fourth-order valence-corrected chi connectivity index (χ4v) is 4.73. The summed E-state index contributed by atoms with van der Waals surface area (Å²) in [6.45, 7) is 0. The Labute approximate surface area is 174 Å². The molecule has 0 heterocycles. The lowest BCUT2D eigenvalue weighted by Gasteiger charge is -2.00. The highest BCUT2D eigenvalue weighted by Gasteiger charge is 1.98. The zero-order valence-electron chi connectivity index (χ0n) is 12.4. The van der Waals surface area contributed by atoms with E-state index in [-0.39, 0.29) is 0 Å². The summed E-state index contributed by atoms with van der Waals surface area (Å²) in [5.74, 6) is 0. The third-order valence-electron chi connectivity index (χ3n) is 3.57. The summed E-state index contributed by atoms with van der Waals surface area (Å²) in [6, 6.07) is 24.9. The first-order valence-electron chi connectivity index (χ1n) is 7.22. The molecule has 0 fully saturated rings. The van der Waals surface area contributed by atoms with E-state index in [4.69, 9.17) is 0 Å².